The number of nitrogens with one attached hydrogen (secondary N) is 2. The second-order valence-corrected chi connectivity index (χ2v) is 9.18. The molecule has 0 atom stereocenters. The zero-order chi connectivity index (χ0) is 27.5. The van der Waals surface area contributed by atoms with Crippen molar-refractivity contribution in [2.45, 2.75) is 20.0 Å². The van der Waals surface area contributed by atoms with Crippen molar-refractivity contribution in [3.63, 3.8) is 0 Å². The predicted molar refractivity (Wildman–Crippen MR) is 150 cm³/mol. The first-order chi connectivity index (χ1) is 18.9. The average Bonchev–Trinajstić information content (AvgIpc) is 3.32. The van der Waals surface area contributed by atoms with Crippen LogP contribution in [0.25, 0.3) is 32.9 Å². The zero-order valence-corrected chi connectivity index (χ0v) is 21.7. The summed E-state index contributed by atoms with van der Waals surface area (Å²) in [6, 6.07) is 15.6. The molecule has 0 aliphatic rings. The lowest BCUT2D eigenvalue weighted by Crippen LogP contribution is -2.08. The van der Waals surface area contributed by atoms with Crippen LogP contribution < -0.4 is 15.8 Å². The molecule has 2 heterocycles. The molecule has 0 spiro atoms. The SMILES string of the molecule is COCCOc1ccc2c(c1)[nH]c1c(CN)ncc(-c3cccc(NCc4ccc(F)cc4C(=O)O)c3C)c12. The molecular weight excluding hydrogens is 499 g/mol. The number of nitrogens with zero attached hydrogens (tertiary/aromatic N) is 1. The number of fused-ring (bicyclic) bond motifs is 3. The number of H-pyrrole nitrogens is 1. The van der Waals surface area contributed by atoms with Gasteiger partial charge in [-0.25, -0.2) is 9.18 Å². The Kier molecular flexibility index (Phi) is 7.44. The van der Waals surface area contributed by atoms with E-state index in [9.17, 15) is 14.3 Å². The number of pyridine rings is 1. The fraction of sp³-hybridized carbons (Fsp3) is 0.200. The van der Waals surface area contributed by atoms with Gasteiger partial charge in [-0.05, 0) is 53.9 Å². The van der Waals surface area contributed by atoms with E-state index < -0.39 is 11.8 Å². The maximum Gasteiger partial charge on any atom is 0.336 e. The van der Waals surface area contributed by atoms with E-state index in [2.05, 4.69) is 15.3 Å². The lowest BCUT2D eigenvalue weighted by molar-refractivity contribution is 0.0695. The number of carboxylic acid groups (broad SMARTS) is 1. The summed E-state index contributed by atoms with van der Waals surface area (Å²) in [5, 5.41) is 14.8. The van der Waals surface area contributed by atoms with Crippen LogP contribution in [0.1, 0.15) is 27.2 Å². The van der Waals surface area contributed by atoms with Crippen molar-refractivity contribution >= 4 is 33.5 Å². The standard InChI is InChI=1S/C30H29FN4O4/c1-17-21(4-3-5-25(17)33-15-18-6-7-19(31)12-23(18)30(36)37)24-16-34-27(14-32)29-28(24)22-9-8-20(13-26(22)35-29)39-11-10-38-2/h3-9,12-13,16,33,35H,10-11,14-15,32H2,1-2H3,(H,36,37). The van der Waals surface area contributed by atoms with Gasteiger partial charge in [-0.15, -0.1) is 0 Å². The molecule has 5 rings (SSSR count). The Labute approximate surface area is 224 Å². The van der Waals surface area contributed by atoms with E-state index in [0.717, 1.165) is 61.7 Å². The molecule has 0 saturated heterocycles. The molecule has 39 heavy (non-hydrogen) atoms. The minimum absolute atomic E-state index is 0.0658. The second kappa shape index (κ2) is 11.1. The van der Waals surface area contributed by atoms with Crippen LogP contribution in [0, 0.1) is 12.7 Å². The van der Waals surface area contributed by atoms with Crippen LogP contribution in [0.15, 0.2) is 60.8 Å². The van der Waals surface area contributed by atoms with Crippen molar-refractivity contribution in [1.29, 1.82) is 0 Å². The Morgan fingerprint density at radius 2 is 1.97 bits per heavy atom. The number of aromatic carboxylic acids is 1. The third kappa shape index (κ3) is 5.14. The third-order valence-corrected chi connectivity index (χ3v) is 6.82. The van der Waals surface area contributed by atoms with Gasteiger partial charge in [-0.3, -0.25) is 4.98 Å². The van der Waals surface area contributed by atoms with E-state index in [1.54, 1.807) is 7.11 Å². The summed E-state index contributed by atoms with van der Waals surface area (Å²) in [5.41, 5.74) is 12.7. The average molecular weight is 529 g/mol. The monoisotopic (exact) mass is 528 g/mol. The third-order valence-electron chi connectivity index (χ3n) is 6.82. The molecule has 0 bridgehead atoms. The highest BCUT2D eigenvalue weighted by Crippen LogP contribution is 2.39. The second-order valence-electron chi connectivity index (χ2n) is 9.18. The minimum atomic E-state index is -1.17. The number of rotatable bonds is 10. The number of methoxy groups -OCH3 is 1. The fourth-order valence-electron chi connectivity index (χ4n) is 4.85. The van der Waals surface area contributed by atoms with Gasteiger partial charge in [0.25, 0.3) is 0 Å². The van der Waals surface area contributed by atoms with Gasteiger partial charge in [0, 0.05) is 54.5 Å². The number of carboxylic acids is 1. The van der Waals surface area contributed by atoms with Gasteiger partial charge in [0.15, 0.2) is 0 Å². The molecule has 3 aromatic carbocycles. The van der Waals surface area contributed by atoms with Crippen molar-refractivity contribution < 1.29 is 23.8 Å². The molecule has 5 aromatic rings. The van der Waals surface area contributed by atoms with Crippen molar-refractivity contribution in [3.05, 3.63) is 89.0 Å². The van der Waals surface area contributed by atoms with Gasteiger partial charge in [0.2, 0.25) is 0 Å². The van der Waals surface area contributed by atoms with E-state index in [4.69, 9.17) is 15.2 Å². The van der Waals surface area contributed by atoms with Crippen LogP contribution in [-0.4, -0.2) is 41.4 Å². The highest BCUT2D eigenvalue weighted by atomic mass is 19.1. The van der Waals surface area contributed by atoms with Crippen LogP contribution in [0.2, 0.25) is 0 Å². The number of ether oxygens (including phenoxy) is 2. The Hall–Kier alpha value is -4.47. The number of benzene rings is 3. The Morgan fingerprint density at radius 1 is 1.13 bits per heavy atom. The molecule has 200 valence electrons. The largest absolute Gasteiger partial charge is 0.491 e. The highest BCUT2D eigenvalue weighted by molar-refractivity contribution is 6.15. The number of aromatic nitrogens is 2. The predicted octanol–water partition coefficient (Wildman–Crippen LogP) is 5.62. The summed E-state index contributed by atoms with van der Waals surface area (Å²) < 4.78 is 24.5. The number of anilines is 1. The van der Waals surface area contributed by atoms with E-state index in [1.165, 1.54) is 12.1 Å². The maximum atomic E-state index is 13.6. The molecule has 5 N–H and O–H groups in total. The van der Waals surface area contributed by atoms with Crippen LogP contribution in [0.5, 0.6) is 5.75 Å². The lowest BCUT2D eigenvalue weighted by atomic mass is 9.95. The fourth-order valence-corrected chi connectivity index (χ4v) is 4.85. The molecule has 0 fully saturated rings. The molecule has 0 radical (unpaired) electrons. The number of carbonyl (C=O) groups is 1. The lowest BCUT2D eigenvalue weighted by Gasteiger charge is -2.16. The maximum absolute atomic E-state index is 13.6. The van der Waals surface area contributed by atoms with Crippen LogP contribution >= 0.6 is 0 Å². The summed E-state index contributed by atoms with van der Waals surface area (Å²) in [4.78, 5) is 19.8. The molecule has 2 aromatic heterocycles. The summed E-state index contributed by atoms with van der Waals surface area (Å²) in [5.74, 6) is -1.02. The summed E-state index contributed by atoms with van der Waals surface area (Å²) >= 11 is 0. The highest BCUT2D eigenvalue weighted by Gasteiger charge is 2.18. The minimum Gasteiger partial charge on any atom is -0.491 e. The number of hydrogen-bond acceptors (Lipinski definition) is 6. The van der Waals surface area contributed by atoms with Crippen LogP contribution in [0.4, 0.5) is 10.1 Å². The molecule has 0 aliphatic carbocycles. The first kappa shape index (κ1) is 26.1. The topological polar surface area (TPSA) is 122 Å². The molecule has 0 amide bonds. The van der Waals surface area contributed by atoms with Gasteiger partial charge in [0.1, 0.15) is 18.2 Å². The summed E-state index contributed by atoms with van der Waals surface area (Å²) in [7, 11) is 1.63. The van der Waals surface area contributed by atoms with Crippen LogP contribution in [-0.2, 0) is 17.8 Å². The van der Waals surface area contributed by atoms with Crippen molar-refractivity contribution in [3.8, 4) is 16.9 Å². The number of hydrogen-bond donors (Lipinski definition) is 4. The first-order valence-corrected chi connectivity index (χ1v) is 12.5. The zero-order valence-electron chi connectivity index (χ0n) is 21.7. The molecule has 0 unspecified atom stereocenters. The smallest absolute Gasteiger partial charge is 0.336 e. The summed E-state index contributed by atoms with van der Waals surface area (Å²) in [6.45, 7) is 3.46. The quantitative estimate of drug-likeness (QED) is 0.173. The van der Waals surface area contributed by atoms with E-state index >= 15 is 0 Å². The van der Waals surface area contributed by atoms with Gasteiger partial charge in [-0.2, -0.15) is 0 Å². The Balaban J connectivity index is 1.55. The normalized spacial score (nSPS) is 11.3. The number of nitrogens with two attached hydrogens (primary N) is 1. The van der Waals surface area contributed by atoms with E-state index in [1.807, 2.05) is 49.5 Å². The van der Waals surface area contributed by atoms with Gasteiger partial charge in [0.05, 0.1) is 28.9 Å². The van der Waals surface area contributed by atoms with E-state index in [0.29, 0.717) is 18.8 Å². The number of halogens is 1. The van der Waals surface area contributed by atoms with Gasteiger partial charge >= 0.3 is 5.97 Å². The first-order valence-electron chi connectivity index (χ1n) is 12.5. The van der Waals surface area contributed by atoms with Crippen molar-refractivity contribution in [1.82, 2.24) is 9.97 Å². The molecule has 0 aliphatic heterocycles. The van der Waals surface area contributed by atoms with Crippen LogP contribution in [0.3, 0.4) is 0 Å². The summed E-state index contributed by atoms with van der Waals surface area (Å²) in [6.07, 6.45) is 1.84. The van der Waals surface area contributed by atoms with Gasteiger partial charge < -0.3 is 30.6 Å². The Morgan fingerprint density at radius 3 is 2.74 bits per heavy atom. The molecule has 9 heteroatoms. The van der Waals surface area contributed by atoms with E-state index in [-0.39, 0.29) is 18.7 Å². The Bertz CT molecular complexity index is 1680. The van der Waals surface area contributed by atoms with Crippen molar-refractivity contribution in [2.75, 3.05) is 25.6 Å². The molecule has 8 nitrogen and oxygen atoms in total. The molecular formula is C30H29FN4O4. The van der Waals surface area contributed by atoms with Gasteiger partial charge in [-0.1, -0.05) is 18.2 Å². The van der Waals surface area contributed by atoms with Crippen molar-refractivity contribution in [2.24, 2.45) is 5.73 Å². The molecule has 0 saturated carbocycles. The number of aromatic amines is 1.